The summed E-state index contributed by atoms with van der Waals surface area (Å²) in [5.74, 6) is -0.195. The van der Waals surface area contributed by atoms with Gasteiger partial charge in [-0.15, -0.1) is 0 Å². The van der Waals surface area contributed by atoms with Crippen molar-refractivity contribution in [1.82, 2.24) is 9.47 Å². The zero-order valence-electron chi connectivity index (χ0n) is 12.3. The SMILES string of the molecule is CCCn1cc(S(=O)(=O)Cl)cc1C(=O)N(C)C(C)CC. The Morgan fingerprint density at radius 2 is 2.05 bits per heavy atom. The van der Waals surface area contributed by atoms with Crippen LogP contribution in [0.2, 0.25) is 0 Å². The topological polar surface area (TPSA) is 59.4 Å². The van der Waals surface area contributed by atoms with E-state index in [0.29, 0.717) is 12.2 Å². The zero-order valence-corrected chi connectivity index (χ0v) is 13.8. The van der Waals surface area contributed by atoms with Gasteiger partial charge < -0.3 is 9.47 Å². The van der Waals surface area contributed by atoms with E-state index in [1.54, 1.807) is 16.5 Å². The van der Waals surface area contributed by atoms with Crippen LogP contribution >= 0.6 is 10.7 Å². The van der Waals surface area contributed by atoms with Gasteiger partial charge in [0.2, 0.25) is 0 Å². The Morgan fingerprint density at radius 1 is 1.45 bits per heavy atom. The van der Waals surface area contributed by atoms with Crippen molar-refractivity contribution < 1.29 is 13.2 Å². The first kappa shape index (κ1) is 17.0. The van der Waals surface area contributed by atoms with Crippen LogP contribution in [0.5, 0.6) is 0 Å². The fourth-order valence-electron chi connectivity index (χ4n) is 1.88. The largest absolute Gasteiger partial charge is 0.342 e. The van der Waals surface area contributed by atoms with E-state index in [1.807, 2.05) is 20.8 Å². The summed E-state index contributed by atoms with van der Waals surface area (Å²) >= 11 is 0. The van der Waals surface area contributed by atoms with Crippen LogP contribution in [-0.2, 0) is 15.6 Å². The average molecular weight is 321 g/mol. The molecule has 5 nitrogen and oxygen atoms in total. The average Bonchev–Trinajstić information content (AvgIpc) is 2.80. The molecule has 0 aliphatic carbocycles. The Balaban J connectivity index is 3.22. The number of nitrogens with zero attached hydrogens (tertiary/aromatic N) is 2. The molecular weight excluding hydrogens is 300 g/mol. The van der Waals surface area contributed by atoms with E-state index < -0.39 is 9.05 Å². The van der Waals surface area contributed by atoms with Crippen molar-refractivity contribution in [1.29, 1.82) is 0 Å². The third-order valence-electron chi connectivity index (χ3n) is 3.41. The molecule has 1 aromatic rings. The van der Waals surface area contributed by atoms with E-state index in [2.05, 4.69) is 0 Å². The summed E-state index contributed by atoms with van der Waals surface area (Å²) in [6, 6.07) is 1.43. The Morgan fingerprint density at radius 3 is 2.50 bits per heavy atom. The first-order valence-electron chi connectivity index (χ1n) is 6.64. The Bertz CT molecular complexity index is 580. The molecule has 0 aliphatic heterocycles. The molecule has 0 spiro atoms. The lowest BCUT2D eigenvalue weighted by Crippen LogP contribution is -2.35. The predicted octanol–water partition coefficient (Wildman–Crippen LogP) is 2.70. The molecule has 0 fully saturated rings. The summed E-state index contributed by atoms with van der Waals surface area (Å²) in [5.41, 5.74) is 0.355. The maximum Gasteiger partial charge on any atom is 0.270 e. The highest BCUT2D eigenvalue weighted by Gasteiger charge is 2.23. The van der Waals surface area contributed by atoms with E-state index in [9.17, 15) is 13.2 Å². The van der Waals surface area contributed by atoms with Gasteiger partial charge in [-0.3, -0.25) is 4.79 Å². The molecule has 0 N–H and O–H groups in total. The minimum atomic E-state index is -3.83. The van der Waals surface area contributed by atoms with Gasteiger partial charge in [0.15, 0.2) is 0 Å². The molecule has 1 rings (SSSR count). The fourth-order valence-corrected chi connectivity index (χ4v) is 2.64. The van der Waals surface area contributed by atoms with E-state index in [0.717, 1.165) is 12.8 Å². The molecule has 20 heavy (non-hydrogen) atoms. The summed E-state index contributed by atoms with van der Waals surface area (Å²) < 4.78 is 24.5. The molecule has 0 saturated heterocycles. The van der Waals surface area contributed by atoms with Gasteiger partial charge >= 0.3 is 0 Å². The van der Waals surface area contributed by atoms with Gasteiger partial charge in [0.1, 0.15) is 10.6 Å². The van der Waals surface area contributed by atoms with Crippen LogP contribution in [0.25, 0.3) is 0 Å². The second kappa shape index (κ2) is 6.63. The number of hydrogen-bond acceptors (Lipinski definition) is 3. The van der Waals surface area contributed by atoms with E-state index in [-0.39, 0.29) is 16.8 Å². The summed E-state index contributed by atoms with van der Waals surface area (Å²) in [7, 11) is 3.24. The molecule has 0 aliphatic rings. The van der Waals surface area contributed by atoms with Crippen molar-refractivity contribution in [3.8, 4) is 0 Å². The molecule has 7 heteroatoms. The third kappa shape index (κ3) is 3.76. The second-order valence-electron chi connectivity index (χ2n) is 4.87. The Hall–Kier alpha value is -1.01. The number of halogens is 1. The monoisotopic (exact) mass is 320 g/mol. The number of hydrogen-bond donors (Lipinski definition) is 0. The molecule has 114 valence electrons. The molecule has 1 unspecified atom stereocenters. The number of rotatable bonds is 6. The summed E-state index contributed by atoms with van der Waals surface area (Å²) in [5, 5.41) is 0. The van der Waals surface area contributed by atoms with Crippen LogP contribution in [0.1, 0.15) is 44.1 Å². The van der Waals surface area contributed by atoms with Gasteiger partial charge in [0, 0.05) is 36.5 Å². The maximum absolute atomic E-state index is 12.4. The van der Waals surface area contributed by atoms with Crippen molar-refractivity contribution in [2.45, 2.75) is 51.1 Å². The van der Waals surface area contributed by atoms with Crippen molar-refractivity contribution in [2.75, 3.05) is 7.05 Å². The summed E-state index contributed by atoms with van der Waals surface area (Å²) in [6.45, 7) is 6.47. The van der Waals surface area contributed by atoms with E-state index in [4.69, 9.17) is 10.7 Å². The Labute approximate surface area is 124 Å². The number of aryl methyl sites for hydroxylation is 1. The highest BCUT2D eigenvalue weighted by Crippen LogP contribution is 2.20. The quantitative estimate of drug-likeness (QED) is 0.757. The molecule has 0 bridgehead atoms. The van der Waals surface area contributed by atoms with Gasteiger partial charge in [0.05, 0.1) is 0 Å². The first-order valence-corrected chi connectivity index (χ1v) is 8.95. The summed E-state index contributed by atoms with van der Waals surface area (Å²) in [4.78, 5) is 14.0. The molecule has 1 atom stereocenters. The molecule has 0 aromatic carbocycles. The molecule has 0 saturated carbocycles. The van der Waals surface area contributed by atoms with Crippen LogP contribution in [0.15, 0.2) is 17.2 Å². The fraction of sp³-hybridized carbons (Fsp3) is 0.615. The maximum atomic E-state index is 12.4. The van der Waals surface area contributed by atoms with Crippen molar-refractivity contribution in [2.24, 2.45) is 0 Å². The number of aromatic nitrogens is 1. The van der Waals surface area contributed by atoms with Crippen molar-refractivity contribution in [3.05, 3.63) is 18.0 Å². The third-order valence-corrected chi connectivity index (χ3v) is 4.73. The first-order chi connectivity index (χ1) is 9.22. The van der Waals surface area contributed by atoms with Crippen LogP contribution in [0, 0.1) is 0 Å². The lowest BCUT2D eigenvalue weighted by molar-refractivity contribution is 0.0729. The number of carbonyl (C=O) groups is 1. The zero-order chi connectivity index (χ0) is 15.5. The highest BCUT2D eigenvalue weighted by molar-refractivity contribution is 8.13. The number of carbonyl (C=O) groups excluding carboxylic acids is 1. The number of amides is 1. The van der Waals surface area contributed by atoms with Crippen LogP contribution < -0.4 is 0 Å². The minimum absolute atomic E-state index is 0.0338. The van der Waals surface area contributed by atoms with E-state index >= 15 is 0 Å². The molecule has 1 amide bonds. The van der Waals surface area contributed by atoms with Gasteiger partial charge in [-0.2, -0.15) is 0 Å². The minimum Gasteiger partial charge on any atom is -0.342 e. The van der Waals surface area contributed by atoms with Gasteiger partial charge in [-0.25, -0.2) is 8.42 Å². The van der Waals surface area contributed by atoms with Gasteiger partial charge in [0.25, 0.3) is 15.0 Å². The van der Waals surface area contributed by atoms with Gasteiger partial charge in [-0.1, -0.05) is 13.8 Å². The normalized spacial score (nSPS) is 13.2. The lowest BCUT2D eigenvalue weighted by atomic mass is 10.2. The predicted molar refractivity (Wildman–Crippen MR) is 79.6 cm³/mol. The smallest absolute Gasteiger partial charge is 0.270 e. The van der Waals surface area contributed by atoms with Crippen molar-refractivity contribution >= 4 is 25.6 Å². The molecular formula is C13H21ClN2O3S. The van der Waals surface area contributed by atoms with Crippen molar-refractivity contribution in [3.63, 3.8) is 0 Å². The highest BCUT2D eigenvalue weighted by atomic mass is 35.7. The van der Waals surface area contributed by atoms with Crippen LogP contribution in [0.4, 0.5) is 0 Å². The van der Waals surface area contributed by atoms with Gasteiger partial charge in [-0.05, 0) is 25.8 Å². The van der Waals surface area contributed by atoms with E-state index in [1.165, 1.54) is 12.3 Å². The van der Waals surface area contributed by atoms with Crippen LogP contribution in [-0.4, -0.2) is 36.9 Å². The molecule has 0 radical (unpaired) electrons. The lowest BCUT2D eigenvalue weighted by Gasteiger charge is -2.24. The molecule has 1 heterocycles. The van der Waals surface area contributed by atoms with Crippen LogP contribution in [0.3, 0.4) is 0 Å². The molecule has 1 aromatic heterocycles. The Kier molecular flexibility index (Phi) is 5.65. The standard InChI is InChI=1S/C13H21ClN2O3S/c1-5-7-16-9-11(20(14,18)19)8-12(16)13(17)15(4)10(3)6-2/h8-10H,5-7H2,1-4H3. The summed E-state index contributed by atoms with van der Waals surface area (Å²) in [6.07, 6.45) is 3.05. The second-order valence-corrected chi connectivity index (χ2v) is 7.43.